The van der Waals surface area contributed by atoms with E-state index in [1.54, 1.807) is 17.8 Å². The molecule has 0 amide bonds. The fraction of sp³-hybridized carbons (Fsp3) is 0.538. The van der Waals surface area contributed by atoms with Crippen LogP contribution in [0.2, 0.25) is 0 Å². The molecule has 0 aliphatic heterocycles. The number of hydrogen-bond donors (Lipinski definition) is 1. The molecule has 0 radical (unpaired) electrons. The van der Waals surface area contributed by atoms with Crippen LogP contribution >= 0.6 is 11.8 Å². The van der Waals surface area contributed by atoms with E-state index in [0.29, 0.717) is 6.54 Å². The number of nitrogens with one attached hydrogen (secondary N) is 1. The largest absolute Gasteiger partial charge is 0.378 e. The molecule has 1 saturated carbocycles. The first-order valence-electron chi connectivity index (χ1n) is 6.30. The first kappa shape index (κ1) is 14.1. The Labute approximate surface area is 115 Å². The van der Waals surface area contributed by atoms with E-state index in [0.717, 1.165) is 18.9 Å². The first-order valence-corrected chi connectivity index (χ1v) is 7.52. The highest BCUT2D eigenvalue weighted by Crippen LogP contribution is 2.40. The molecule has 1 aromatic rings. The Balaban J connectivity index is 2.15. The van der Waals surface area contributed by atoms with Crippen molar-refractivity contribution in [2.75, 3.05) is 18.1 Å². The monoisotopic (exact) mass is 284 g/mol. The zero-order valence-corrected chi connectivity index (χ0v) is 11.6. The molecule has 104 valence electrons. The molecule has 1 aliphatic rings. The second-order valence-electron chi connectivity index (χ2n) is 4.84. The van der Waals surface area contributed by atoms with Gasteiger partial charge in [-0.25, -0.2) is 0 Å². The van der Waals surface area contributed by atoms with Gasteiger partial charge in [0.2, 0.25) is 5.82 Å². The van der Waals surface area contributed by atoms with E-state index in [4.69, 9.17) is 0 Å². The Hall–Kier alpha value is -1.30. The molecule has 1 aliphatic carbocycles. The third-order valence-electron chi connectivity index (χ3n) is 3.72. The molecule has 0 unspecified atom stereocenters. The number of anilines is 1. The van der Waals surface area contributed by atoms with Crippen molar-refractivity contribution >= 4 is 23.1 Å². The summed E-state index contributed by atoms with van der Waals surface area (Å²) in [6.07, 6.45) is 6.64. The SMILES string of the molecule is CSC1(CNc2cccc(F)c2[N+](=O)[O-])CCCC1. The van der Waals surface area contributed by atoms with E-state index in [9.17, 15) is 14.5 Å². The third kappa shape index (κ3) is 3.00. The summed E-state index contributed by atoms with van der Waals surface area (Å²) < 4.78 is 13.6. The number of nitro benzene ring substituents is 1. The predicted molar refractivity (Wildman–Crippen MR) is 76.3 cm³/mol. The summed E-state index contributed by atoms with van der Waals surface area (Å²) in [5, 5.41) is 14.0. The van der Waals surface area contributed by atoms with Crippen LogP contribution in [0.15, 0.2) is 18.2 Å². The zero-order valence-electron chi connectivity index (χ0n) is 10.8. The fourth-order valence-corrected chi connectivity index (χ4v) is 3.49. The summed E-state index contributed by atoms with van der Waals surface area (Å²) in [7, 11) is 0. The minimum atomic E-state index is -0.792. The Kier molecular flexibility index (Phi) is 4.29. The van der Waals surface area contributed by atoms with Crippen LogP contribution in [0.5, 0.6) is 0 Å². The molecule has 2 rings (SSSR count). The van der Waals surface area contributed by atoms with Crippen LogP contribution in [0.1, 0.15) is 25.7 Å². The maximum atomic E-state index is 13.5. The number of benzene rings is 1. The van der Waals surface area contributed by atoms with Crippen molar-refractivity contribution in [3.05, 3.63) is 34.1 Å². The summed E-state index contributed by atoms with van der Waals surface area (Å²) in [6, 6.07) is 4.17. The van der Waals surface area contributed by atoms with Gasteiger partial charge >= 0.3 is 5.69 Å². The van der Waals surface area contributed by atoms with E-state index in [2.05, 4.69) is 11.6 Å². The number of nitrogens with zero attached hydrogens (tertiary/aromatic N) is 1. The van der Waals surface area contributed by atoms with E-state index in [1.807, 2.05) is 0 Å². The number of rotatable bonds is 5. The zero-order chi connectivity index (χ0) is 13.9. The minimum Gasteiger partial charge on any atom is -0.378 e. The van der Waals surface area contributed by atoms with Gasteiger partial charge in [0.05, 0.1) is 4.92 Å². The quantitative estimate of drug-likeness (QED) is 0.659. The van der Waals surface area contributed by atoms with Crippen molar-refractivity contribution in [2.24, 2.45) is 0 Å². The van der Waals surface area contributed by atoms with Crippen LogP contribution in [0.25, 0.3) is 0 Å². The predicted octanol–water partition coefficient (Wildman–Crippen LogP) is 3.82. The molecule has 1 aromatic carbocycles. The summed E-state index contributed by atoms with van der Waals surface area (Å²) in [4.78, 5) is 10.2. The van der Waals surface area contributed by atoms with Gasteiger partial charge in [0.1, 0.15) is 5.69 Å². The smallest absolute Gasteiger partial charge is 0.327 e. The molecule has 6 heteroatoms. The number of halogens is 1. The molecule has 1 N–H and O–H groups in total. The summed E-state index contributed by atoms with van der Waals surface area (Å²) in [5.74, 6) is -0.792. The molecule has 0 saturated heterocycles. The molecular formula is C13H17FN2O2S. The second kappa shape index (κ2) is 5.77. The van der Waals surface area contributed by atoms with Crippen LogP contribution in [0, 0.1) is 15.9 Å². The first-order chi connectivity index (χ1) is 9.08. The second-order valence-corrected chi connectivity index (χ2v) is 6.12. The molecule has 4 nitrogen and oxygen atoms in total. The Morgan fingerprint density at radius 2 is 2.16 bits per heavy atom. The summed E-state index contributed by atoms with van der Waals surface area (Å²) in [6.45, 7) is 0.637. The maximum absolute atomic E-state index is 13.5. The van der Waals surface area contributed by atoms with E-state index in [-0.39, 0.29) is 10.4 Å². The molecule has 0 aromatic heterocycles. The van der Waals surface area contributed by atoms with Crippen LogP contribution in [-0.2, 0) is 0 Å². The molecule has 0 heterocycles. The van der Waals surface area contributed by atoms with Gasteiger partial charge in [0, 0.05) is 11.3 Å². The van der Waals surface area contributed by atoms with Crippen LogP contribution < -0.4 is 5.32 Å². The third-order valence-corrected chi connectivity index (χ3v) is 5.14. The van der Waals surface area contributed by atoms with Gasteiger partial charge in [0.15, 0.2) is 0 Å². The van der Waals surface area contributed by atoms with Crippen LogP contribution in [-0.4, -0.2) is 22.5 Å². The van der Waals surface area contributed by atoms with Crippen molar-refractivity contribution in [1.82, 2.24) is 0 Å². The lowest BCUT2D eigenvalue weighted by Gasteiger charge is -2.27. The average molecular weight is 284 g/mol. The van der Waals surface area contributed by atoms with Crippen molar-refractivity contribution < 1.29 is 9.31 Å². The topological polar surface area (TPSA) is 55.2 Å². The van der Waals surface area contributed by atoms with Crippen molar-refractivity contribution in [3.63, 3.8) is 0 Å². The number of para-hydroxylation sites is 1. The van der Waals surface area contributed by atoms with Gasteiger partial charge in [-0.2, -0.15) is 16.2 Å². The molecule has 0 atom stereocenters. The van der Waals surface area contributed by atoms with Crippen LogP contribution in [0.3, 0.4) is 0 Å². The average Bonchev–Trinajstić information content (AvgIpc) is 2.85. The summed E-state index contributed by atoms with van der Waals surface area (Å²) >= 11 is 1.79. The number of nitro groups is 1. The van der Waals surface area contributed by atoms with Gasteiger partial charge in [-0.05, 0) is 31.2 Å². The number of thioether (sulfide) groups is 1. The highest BCUT2D eigenvalue weighted by molar-refractivity contribution is 8.00. The van der Waals surface area contributed by atoms with Gasteiger partial charge in [-0.15, -0.1) is 0 Å². The van der Waals surface area contributed by atoms with Gasteiger partial charge in [0.25, 0.3) is 0 Å². The molecule has 0 bridgehead atoms. The van der Waals surface area contributed by atoms with E-state index >= 15 is 0 Å². The molecular weight excluding hydrogens is 267 g/mol. The van der Waals surface area contributed by atoms with Gasteiger partial charge in [-0.3, -0.25) is 10.1 Å². The lowest BCUT2D eigenvalue weighted by atomic mass is 10.1. The highest BCUT2D eigenvalue weighted by atomic mass is 32.2. The minimum absolute atomic E-state index is 0.125. The van der Waals surface area contributed by atoms with E-state index < -0.39 is 16.4 Å². The maximum Gasteiger partial charge on any atom is 0.327 e. The van der Waals surface area contributed by atoms with Crippen molar-refractivity contribution in [1.29, 1.82) is 0 Å². The van der Waals surface area contributed by atoms with Crippen LogP contribution in [0.4, 0.5) is 15.8 Å². The fourth-order valence-electron chi connectivity index (χ4n) is 2.57. The highest BCUT2D eigenvalue weighted by Gasteiger charge is 2.33. The Morgan fingerprint density at radius 3 is 2.74 bits per heavy atom. The van der Waals surface area contributed by atoms with Crippen molar-refractivity contribution in [2.45, 2.75) is 30.4 Å². The van der Waals surface area contributed by atoms with Gasteiger partial charge < -0.3 is 5.32 Å². The Morgan fingerprint density at radius 1 is 1.47 bits per heavy atom. The Bertz CT molecular complexity index is 476. The normalized spacial score (nSPS) is 17.4. The van der Waals surface area contributed by atoms with E-state index in [1.165, 1.54) is 18.9 Å². The van der Waals surface area contributed by atoms with Gasteiger partial charge in [-0.1, -0.05) is 18.9 Å². The van der Waals surface area contributed by atoms with Crippen molar-refractivity contribution in [3.8, 4) is 0 Å². The standard InChI is InChI=1S/C13H17FN2O2S/c1-19-13(7-2-3-8-13)9-15-11-6-4-5-10(14)12(11)16(17)18/h4-6,15H,2-3,7-9H2,1H3. The lowest BCUT2D eigenvalue weighted by Crippen LogP contribution is -2.30. The lowest BCUT2D eigenvalue weighted by molar-refractivity contribution is -0.386. The molecule has 1 fully saturated rings. The number of hydrogen-bond acceptors (Lipinski definition) is 4. The molecule has 19 heavy (non-hydrogen) atoms. The molecule has 0 spiro atoms. The summed E-state index contributed by atoms with van der Waals surface area (Å²) in [5.41, 5.74) is -0.193.